The molecule has 1 atom stereocenters. The molecule has 4 nitrogen and oxygen atoms in total. The summed E-state index contributed by atoms with van der Waals surface area (Å²) in [5, 5.41) is 12.8. The van der Waals surface area contributed by atoms with E-state index in [-0.39, 0.29) is 5.97 Å². The average Bonchev–Trinajstić information content (AvgIpc) is 2.36. The molecular weight excluding hydrogens is 218 g/mol. The molecule has 0 aromatic heterocycles. The van der Waals surface area contributed by atoms with Gasteiger partial charge in [0, 0.05) is 13.1 Å². The third-order valence-electron chi connectivity index (χ3n) is 2.33. The zero-order valence-corrected chi connectivity index (χ0v) is 10.1. The summed E-state index contributed by atoms with van der Waals surface area (Å²) in [6, 6.07) is 9.42. The van der Waals surface area contributed by atoms with Crippen molar-refractivity contribution >= 4 is 5.97 Å². The fraction of sp³-hybridized carbons (Fsp3) is 0.462. The number of hydrogen-bond donors (Lipinski definition) is 2. The standard InChI is InChI=1S/C13H19NO3/c1-2-17-13(16)8-9-14-10-12(15)11-6-4-3-5-7-11/h3-7,12,14-15H,2,8-10H2,1H3/t12-/m0/s1. The Kier molecular flexibility index (Phi) is 6.29. The third kappa shape index (κ3) is 5.47. The summed E-state index contributed by atoms with van der Waals surface area (Å²) in [6.45, 7) is 3.14. The van der Waals surface area contributed by atoms with Crippen LogP contribution in [0.3, 0.4) is 0 Å². The number of carbonyl (C=O) groups excluding carboxylic acids is 1. The largest absolute Gasteiger partial charge is 0.466 e. The number of nitrogens with one attached hydrogen (secondary N) is 1. The number of hydrogen-bond acceptors (Lipinski definition) is 4. The van der Waals surface area contributed by atoms with Crippen LogP contribution in [0.2, 0.25) is 0 Å². The van der Waals surface area contributed by atoms with E-state index in [0.717, 1.165) is 5.56 Å². The van der Waals surface area contributed by atoms with Crippen molar-refractivity contribution in [1.82, 2.24) is 5.32 Å². The van der Waals surface area contributed by atoms with Crippen LogP contribution in [0.15, 0.2) is 30.3 Å². The summed E-state index contributed by atoms with van der Waals surface area (Å²) in [5.41, 5.74) is 0.871. The number of aliphatic hydroxyl groups excluding tert-OH is 1. The number of ether oxygens (including phenoxy) is 1. The van der Waals surface area contributed by atoms with Crippen LogP contribution in [0.4, 0.5) is 0 Å². The van der Waals surface area contributed by atoms with Gasteiger partial charge in [-0.3, -0.25) is 4.79 Å². The lowest BCUT2D eigenvalue weighted by Crippen LogP contribution is -2.24. The molecule has 94 valence electrons. The number of esters is 1. The van der Waals surface area contributed by atoms with Crippen molar-refractivity contribution in [3.8, 4) is 0 Å². The predicted molar refractivity (Wildman–Crippen MR) is 65.5 cm³/mol. The van der Waals surface area contributed by atoms with Gasteiger partial charge in [-0.05, 0) is 12.5 Å². The summed E-state index contributed by atoms with van der Waals surface area (Å²) in [6.07, 6.45) is -0.214. The van der Waals surface area contributed by atoms with Gasteiger partial charge >= 0.3 is 5.97 Å². The summed E-state index contributed by atoms with van der Waals surface area (Å²) in [7, 11) is 0. The van der Waals surface area contributed by atoms with Gasteiger partial charge < -0.3 is 15.2 Å². The minimum atomic E-state index is -0.543. The van der Waals surface area contributed by atoms with Crippen molar-refractivity contribution in [2.24, 2.45) is 0 Å². The molecule has 4 heteroatoms. The highest BCUT2D eigenvalue weighted by Crippen LogP contribution is 2.10. The van der Waals surface area contributed by atoms with E-state index in [1.807, 2.05) is 30.3 Å². The van der Waals surface area contributed by atoms with Gasteiger partial charge in [-0.1, -0.05) is 30.3 Å². The van der Waals surface area contributed by atoms with Crippen LogP contribution in [0.25, 0.3) is 0 Å². The van der Waals surface area contributed by atoms with Crippen LogP contribution in [0.1, 0.15) is 25.0 Å². The van der Waals surface area contributed by atoms with Crippen LogP contribution in [0.5, 0.6) is 0 Å². The minimum absolute atomic E-state index is 0.214. The van der Waals surface area contributed by atoms with Crippen LogP contribution in [-0.4, -0.2) is 30.8 Å². The molecule has 0 unspecified atom stereocenters. The number of rotatable bonds is 7. The van der Waals surface area contributed by atoms with Crippen LogP contribution in [0, 0.1) is 0 Å². The molecule has 2 N–H and O–H groups in total. The average molecular weight is 237 g/mol. The predicted octanol–water partition coefficient (Wildman–Crippen LogP) is 1.26. The molecule has 0 radical (unpaired) electrons. The zero-order chi connectivity index (χ0) is 12.5. The first-order valence-electron chi connectivity index (χ1n) is 5.83. The van der Waals surface area contributed by atoms with E-state index < -0.39 is 6.10 Å². The first-order valence-corrected chi connectivity index (χ1v) is 5.83. The number of carbonyl (C=O) groups is 1. The number of aliphatic hydroxyl groups is 1. The van der Waals surface area contributed by atoms with Gasteiger partial charge in [0.25, 0.3) is 0 Å². The van der Waals surface area contributed by atoms with Crippen LogP contribution in [-0.2, 0) is 9.53 Å². The quantitative estimate of drug-likeness (QED) is 0.554. The van der Waals surface area contributed by atoms with Crippen molar-refractivity contribution in [3.05, 3.63) is 35.9 Å². The maximum absolute atomic E-state index is 11.0. The molecule has 0 saturated heterocycles. The Bertz CT molecular complexity index is 327. The lowest BCUT2D eigenvalue weighted by molar-refractivity contribution is -0.143. The summed E-state index contributed by atoms with van der Waals surface area (Å²) < 4.78 is 4.79. The van der Waals surface area contributed by atoms with E-state index in [4.69, 9.17) is 4.74 Å². The zero-order valence-electron chi connectivity index (χ0n) is 10.1. The van der Waals surface area contributed by atoms with E-state index in [2.05, 4.69) is 5.32 Å². The first-order chi connectivity index (χ1) is 8.24. The number of benzene rings is 1. The Balaban J connectivity index is 2.17. The van der Waals surface area contributed by atoms with Crippen LogP contribution < -0.4 is 5.32 Å². The molecule has 0 amide bonds. The lowest BCUT2D eigenvalue weighted by atomic mass is 10.1. The maximum Gasteiger partial charge on any atom is 0.307 e. The van der Waals surface area contributed by atoms with Gasteiger partial charge in [0.15, 0.2) is 0 Å². The second-order valence-corrected chi connectivity index (χ2v) is 3.69. The van der Waals surface area contributed by atoms with Gasteiger partial charge in [-0.2, -0.15) is 0 Å². The van der Waals surface area contributed by atoms with Crippen molar-refractivity contribution in [1.29, 1.82) is 0 Å². The first kappa shape index (κ1) is 13.7. The topological polar surface area (TPSA) is 58.6 Å². The molecule has 0 heterocycles. The van der Waals surface area contributed by atoms with Crippen LogP contribution >= 0.6 is 0 Å². The van der Waals surface area contributed by atoms with Gasteiger partial charge in [-0.25, -0.2) is 0 Å². The van der Waals surface area contributed by atoms with E-state index in [1.165, 1.54) is 0 Å². The van der Waals surface area contributed by atoms with E-state index in [1.54, 1.807) is 6.92 Å². The summed E-state index contributed by atoms with van der Waals surface area (Å²) in [5.74, 6) is -0.214. The lowest BCUT2D eigenvalue weighted by Gasteiger charge is -2.11. The Morgan fingerprint density at radius 3 is 2.76 bits per heavy atom. The minimum Gasteiger partial charge on any atom is -0.466 e. The van der Waals surface area contributed by atoms with Crippen molar-refractivity contribution in [3.63, 3.8) is 0 Å². The molecule has 0 aliphatic heterocycles. The van der Waals surface area contributed by atoms with Gasteiger partial charge in [0.05, 0.1) is 19.1 Å². The molecule has 0 spiro atoms. The van der Waals surface area contributed by atoms with E-state index >= 15 is 0 Å². The molecule has 0 bridgehead atoms. The molecule has 1 rings (SSSR count). The highest BCUT2D eigenvalue weighted by Gasteiger charge is 2.06. The molecule has 0 aliphatic carbocycles. The van der Waals surface area contributed by atoms with Crippen molar-refractivity contribution in [2.45, 2.75) is 19.4 Å². The Labute approximate surface area is 102 Å². The van der Waals surface area contributed by atoms with Crippen molar-refractivity contribution in [2.75, 3.05) is 19.7 Å². The summed E-state index contributed by atoms with van der Waals surface area (Å²) in [4.78, 5) is 11.0. The highest BCUT2D eigenvalue weighted by molar-refractivity contribution is 5.69. The maximum atomic E-state index is 11.0. The molecule has 0 aliphatic rings. The van der Waals surface area contributed by atoms with Gasteiger partial charge in [0.1, 0.15) is 0 Å². The highest BCUT2D eigenvalue weighted by atomic mass is 16.5. The second kappa shape index (κ2) is 7.81. The monoisotopic (exact) mass is 237 g/mol. The fourth-order valence-electron chi connectivity index (χ4n) is 1.46. The Morgan fingerprint density at radius 2 is 2.12 bits per heavy atom. The molecule has 0 fully saturated rings. The molecule has 0 saturated carbocycles. The Hall–Kier alpha value is -1.39. The molecule has 17 heavy (non-hydrogen) atoms. The van der Waals surface area contributed by atoms with Crippen molar-refractivity contribution < 1.29 is 14.6 Å². The fourth-order valence-corrected chi connectivity index (χ4v) is 1.46. The summed E-state index contributed by atoms with van der Waals surface area (Å²) >= 11 is 0. The van der Waals surface area contributed by atoms with Gasteiger partial charge in [0.2, 0.25) is 0 Å². The Morgan fingerprint density at radius 1 is 1.41 bits per heavy atom. The third-order valence-corrected chi connectivity index (χ3v) is 2.33. The SMILES string of the molecule is CCOC(=O)CCNC[C@H](O)c1ccccc1. The van der Waals surface area contributed by atoms with E-state index in [0.29, 0.717) is 26.1 Å². The molecular formula is C13H19NO3. The normalized spacial score (nSPS) is 12.1. The molecule has 1 aromatic carbocycles. The molecule has 1 aromatic rings. The second-order valence-electron chi connectivity index (χ2n) is 3.69. The van der Waals surface area contributed by atoms with Gasteiger partial charge in [-0.15, -0.1) is 0 Å². The van der Waals surface area contributed by atoms with E-state index in [9.17, 15) is 9.90 Å². The smallest absolute Gasteiger partial charge is 0.307 e.